The second kappa shape index (κ2) is 6.10. The Hall–Kier alpha value is -1.22. The zero-order valence-electron chi connectivity index (χ0n) is 11.5. The van der Waals surface area contributed by atoms with Gasteiger partial charge in [-0.15, -0.1) is 0 Å². The quantitative estimate of drug-likeness (QED) is 0.869. The van der Waals surface area contributed by atoms with Gasteiger partial charge in [-0.05, 0) is 55.5 Å². The molecule has 0 radical (unpaired) electrons. The molecule has 1 aromatic rings. The van der Waals surface area contributed by atoms with Crippen LogP contribution >= 0.6 is 0 Å². The van der Waals surface area contributed by atoms with Crippen molar-refractivity contribution >= 4 is 5.69 Å². The Bertz CT molecular complexity index is 392. The zero-order chi connectivity index (χ0) is 13.0. The lowest BCUT2D eigenvalue weighted by molar-refractivity contribution is 0.288. The molecule has 1 aliphatic heterocycles. The molecular formula is C15H24N2O. The number of fused-ring (bicyclic) bond motifs is 1. The highest BCUT2D eigenvalue weighted by Crippen LogP contribution is 2.29. The molecule has 1 atom stereocenters. The summed E-state index contributed by atoms with van der Waals surface area (Å²) in [7, 11) is 2.15. The molecule has 0 amide bonds. The molecule has 1 aliphatic rings. The number of rotatable bonds is 5. The van der Waals surface area contributed by atoms with Crippen molar-refractivity contribution in [2.45, 2.75) is 26.2 Å². The minimum Gasteiger partial charge on any atom is -0.493 e. The Kier molecular flexibility index (Phi) is 4.48. The molecule has 0 aliphatic carbocycles. The maximum Gasteiger partial charge on any atom is 0.122 e. The third kappa shape index (κ3) is 3.16. The van der Waals surface area contributed by atoms with Crippen molar-refractivity contribution in [3.05, 3.63) is 23.8 Å². The molecule has 18 heavy (non-hydrogen) atoms. The second-order valence-electron chi connectivity index (χ2n) is 5.31. The highest BCUT2D eigenvalue weighted by Gasteiger charge is 2.13. The van der Waals surface area contributed by atoms with E-state index in [2.05, 4.69) is 37.1 Å². The zero-order valence-corrected chi connectivity index (χ0v) is 11.5. The first-order valence-electron chi connectivity index (χ1n) is 6.87. The number of aryl methyl sites for hydroxylation is 1. The van der Waals surface area contributed by atoms with Crippen molar-refractivity contribution in [3.63, 3.8) is 0 Å². The first-order chi connectivity index (χ1) is 8.70. The topological polar surface area (TPSA) is 38.5 Å². The fourth-order valence-corrected chi connectivity index (χ4v) is 2.53. The van der Waals surface area contributed by atoms with Gasteiger partial charge >= 0.3 is 0 Å². The minimum atomic E-state index is 0.632. The van der Waals surface area contributed by atoms with Gasteiger partial charge in [-0.1, -0.05) is 6.92 Å². The number of anilines is 1. The van der Waals surface area contributed by atoms with Crippen LogP contribution < -0.4 is 15.4 Å². The van der Waals surface area contributed by atoms with Gasteiger partial charge < -0.3 is 15.4 Å². The Morgan fingerprint density at radius 1 is 1.44 bits per heavy atom. The lowest BCUT2D eigenvalue weighted by Gasteiger charge is -2.25. The molecule has 0 spiro atoms. The monoisotopic (exact) mass is 248 g/mol. The maximum absolute atomic E-state index is 5.64. The molecule has 2 rings (SSSR count). The number of nitrogens with zero attached hydrogens (tertiary/aromatic N) is 1. The van der Waals surface area contributed by atoms with Crippen molar-refractivity contribution in [1.29, 1.82) is 0 Å². The van der Waals surface area contributed by atoms with Gasteiger partial charge in [-0.2, -0.15) is 0 Å². The average molecular weight is 248 g/mol. The minimum absolute atomic E-state index is 0.632. The van der Waals surface area contributed by atoms with Gasteiger partial charge in [0.1, 0.15) is 5.75 Å². The van der Waals surface area contributed by atoms with E-state index in [-0.39, 0.29) is 0 Å². The van der Waals surface area contributed by atoms with Crippen LogP contribution in [0.25, 0.3) is 0 Å². The number of ether oxygens (including phenoxy) is 1. The first kappa shape index (κ1) is 13.2. The molecule has 3 nitrogen and oxygen atoms in total. The van der Waals surface area contributed by atoms with E-state index in [9.17, 15) is 0 Å². The van der Waals surface area contributed by atoms with Gasteiger partial charge in [0, 0.05) is 19.3 Å². The van der Waals surface area contributed by atoms with Crippen LogP contribution in [0.2, 0.25) is 0 Å². The highest BCUT2D eigenvalue weighted by molar-refractivity contribution is 5.53. The SMILES string of the molecule is CC(CCN)CN(C)c1ccc2c(c1)CCCO2. The summed E-state index contributed by atoms with van der Waals surface area (Å²) >= 11 is 0. The van der Waals surface area contributed by atoms with Crippen LogP contribution in [-0.2, 0) is 6.42 Å². The molecule has 1 heterocycles. The van der Waals surface area contributed by atoms with E-state index in [1.165, 1.54) is 11.3 Å². The molecule has 0 saturated heterocycles. The van der Waals surface area contributed by atoms with Crippen LogP contribution in [0.3, 0.4) is 0 Å². The first-order valence-corrected chi connectivity index (χ1v) is 6.87. The van der Waals surface area contributed by atoms with Crippen LogP contribution in [0.5, 0.6) is 5.75 Å². The molecular weight excluding hydrogens is 224 g/mol. The number of hydrogen-bond donors (Lipinski definition) is 1. The van der Waals surface area contributed by atoms with Crippen LogP contribution in [0, 0.1) is 5.92 Å². The molecule has 1 unspecified atom stereocenters. The van der Waals surface area contributed by atoms with Gasteiger partial charge in [0.05, 0.1) is 6.61 Å². The van der Waals surface area contributed by atoms with Gasteiger partial charge in [0.15, 0.2) is 0 Å². The van der Waals surface area contributed by atoms with E-state index in [4.69, 9.17) is 10.5 Å². The Labute approximate surface area is 110 Å². The summed E-state index contributed by atoms with van der Waals surface area (Å²) in [6.45, 7) is 4.93. The standard InChI is InChI=1S/C15H24N2O/c1-12(7-8-16)11-17(2)14-5-6-15-13(10-14)4-3-9-18-15/h5-6,10,12H,3-4,7-9,11,16H2,1-2H3. The molecule has 0 saturated carbocycles. The third-order valence-corrected chi connectivity index (χ3v) is 3.58. The van der Waals surface area contributed by atoms with Gasteiger partial charge in [0.2, 0.25) is 0 Å². The van der Waals surface area contributed by atoms with E-state index in [1.54, 1.807) is 0 Å². The van der Waals surface area contributed by atoms with Crippen molar-refractivity contribution in [2.24, 2.45) is 11.7 Å². The largest absolute Gasteiger partial charge is 0.493 e. The molecule has 0 bridgehead atoms. The Morgan fingerprint density at radius 2 is 2.28 bits per heavy atom. The average Bonchev–Trinajstić information content (AvgIpc) is 2.38. The molecule has 0 aromatic heterocycles. The van der Waals surface area contributed by atoms with E-state index in [0.717, 1.165) is 44.7 Å². The predicted molar refractivity (Wildman–Crippen MR) is 76.4 cm³/mol. The maximum atomic E-state index is 5.64. The Morgan fingerprint density at radius 3 is 3.06 bits per heavy atom. The van der Waals surface area contributed by atoms with Crippen molar-refractivity contribution in [2.75, 3.05) is 31.6 Å². The predicted octanol–water partition coefficient (Wildman–Crippen LogP) is 2.43. The van der Waals surface area contributed by atoms with Crippen molar-refractivity contribution in [1.82, 2.24) is 0 Å². The summed E-state index contributed by atoms with van der Waals surface area (Å²) in [4.78, 5) is 2.31. The van der Waals surface area contributed by atoms with E-state index in [1.807, 2.05) is 0 Å². The van der Waals surface area contributed by atoms with Gasteiger partial charge in [-0.25, -0.2) is 0 Å². The van der Waals surface area contributed by atoms with Gasteiger partial charge in [0.25, 0.3) is 0 Å². The summed E-state index contributed by atoms with van der Waals surface area (Å²) in [5.41, 5.74) is 8.23. The summed E-state index contributed by atoms with van der Waals surface area (Å²) in [5, 5.41) is 0. The van der Waals surface area contributed by atoms with Crippen molar-refractivity contribution in [3.8, 4) is 5.75 Å². The van der Waals surface area contributed by atoms with Crippen LogP contribution in [0.4, 0.5) is 5.69 Å². The second-order valence-corrected chi connectivity index (χ2v) is 5.31. The summed E-state index contributed by atoms with van der Waals surface area (Å²) < 4.78 is 5.64. The molecule has 1 aromatic carbocycles. The summed E-state index contributed by atoms with van der Waals surface area (Å²) in [6, 6.07) is 6.52. The van der Waals surface area contributed by atoms with E-state index in [0.29, 0.717) is 5.92 Å². The van der Waals surface area contributed by atoms with Crippen LogP contribution in [-0.4, -0.2) is 26.7 Å². The third-order valence-electron chi connectivity index (χ3n) is 3.58. The number of nitrogens with two attached hydrogens (primary N) is 1. The molecule has 0 fully saturated rings. The number of benzene rings is 1. The summed E-state index contributed by atoms with van der Waals surface area (Å²) in [6.07, 6.45) is 3.34. The van der Waals surface area contributed by atoms with Crippen LogP contribution in [0.1, 0.15) is 25.3 Å². The molecule has 100 valence electrons. The highest BCUT2D eigenvalue weighted by atomic mass is 16.5. The lowest BCUT2D eigenvalue weighted by Crippen LogP contribution is -2.25. The summed E-state index contributed by atoms with van der Waals surface area (Å²) in [5.74, 6) is 1.70. The van der Waals surface area contributed by atoms with E-state index >= 15 is 0 Å². The molecule has 3 heteroatoms. The van der Waals surface area contributed by atoms with Gasteiger partial charge in [-0.3, -0.25) is 0 Å². The Balaban J connectivity index is 2.04. The van der Waals surface area contributed by atoms with Crippen LogP contribution in [0.15, 0.2) is 18.2 Å². The van der Waals surface area contributed by atoms with Crippen molar-refractivity contribution < 1.29 is 4.74 Å². The van der Waals surface area contributed by atoms with E-state index < -0.39 is 0 Å². The number of hydrogen-bond acceptors (Lipinski definition) is 3. The molecule has 2 N–H and O–H groups in total. The normalized spacial score (nSPS) is 15.7. The fourth-order valence-electron chi connectivity index (χ4n) is 2.53. The lowest BCUT2D eigenvalue weighted by atomic mass is 10.0. The smallest absolute Gasteiger partial charge is 0.122 e. The fraction of sp³-hybridized carbons (Fsp3) is 0.600.